The first-order valence-electron chi connectivity index (χ1n) is 3.82. The summed E-state index contributed by atoms with van der Waals surface area (Å²) in [7, 11) is -2.07. The average Bonchev–Trinajstić information content (AvgIpc) is 2.17. The molecule has 3 N–H and O–H groups in total. The summed E-state index contributed by atoms with van der Waals surface area (Å²) in [5.41, 5.74) is 5.50. The van der Waals surface area contributed by atoms with Gasteiger partial charge >= 0.3 is 14.0 Å². The van der Waals surface area contributed by atoms with Crippen LogP contribution in [0, 0.1) is 0 Å². The molecule has 0 radical (unpaired) electrons. The molecular weight excluding hydrogens is 223 g/mol. The SMILES string of the molecule is NC(=O)N[P+](=O)C(Cl)c1ccccc1. The lowest BCUT2D eigenvalue weighted by Gasteiger charge is -1.97. The Balaban J connectivity index is 2.71. The number of alkyl halides is 1. The van der Waals surface area contributed by atoms with Crippen molar-refractivity contribution in [3.8, 4) is 0 Å². The summed E-state index contributed by atoms with van der Waals surface area (Å²) < 4.78 is 11.4. The molecule has 0 saturated heterocycles. The molecule has 0 aliphatic rings. The van der Waals surface area contributed by atoms with E-state index in [1.165, 1.54) is 0 Å². The molecule has 2 amide bonds. The van der Waals surface area contributed by atoms with Crippen molar-refractivity contribution >= 4 is 25.6 Å². The van der Waals surface area contributed by atoms with Gasteiger partial charge in [0.25, 0.3) is 5.12 Å². The van der Waals surface area contributed by atoms with Gasteiger partial charge in [-0.15, -0.1) is 5.09 Å². The number of rotatable bonds is 3. The zero-order valence-electron chi connectivity index (χ0n) is 7.18. The molecule has 0 aliphatic carbocycles. The van der Waals surface area contributed by atoms with Gasteiger partial charge in [0.2, 0.25) is 0 Å². The van der Waals surface area contributed by atoms with Crippen LogP contribution in [0.4, 0.5) is 4.79 Å². The van der Waals surface area contributed by atoms with Crippen LogP contribution in [0.15, 0.2) is 30.3 Å². The fourth-order valence-electron chi connectivity index (χ4n) is 0.913. The van der Waals surface area contributed by atoms with Crippen molar-refractivity contribution in [3.05, 3.63) is 35.9 Å². The largest absolute Gasteiger partial charge is 0.488 e. The highest BCUT2D eigenvalue weighted by Gasteiger charge is 2.31. The van der Waals surface area contributed by atoms with Gasteiger partial charge in [0.15, 0.2) is 0 Å². The first kappa shape index (κ1) is 11.0. The van der Waals surface area contributed by atoms with Crippen LogP contribution in [0.5, 0.6) is 0 Å². The normalized spacial score (nSPS) is 13.1. The van der Waals surface area contributed by atoms with Crippen molar-refractivity contribution in [2.24, 2.45) is 5.73 Å². The van der Waals surface area contributed by atoms with Crippen molar-refractivity contribution in [2.45, 2.75) is 5.12 Å². The summed E-state index contributed by atoms with van der Waals surface area (Å²) in [6.45, 7) is 0. The van der Waals surface area contributed by atoms with Crippen LogP contribution in [-0.4, -0.2) is 6.03 Å². The number of hydrogen-bond donors (Lipinski definition) is 2. The Morgan fingerprint density at radius 1 is 1.43 bits per heavy atom. The van der Waals surface area contributed by atoms with E-state index in [4.69, 9.17) is 17.3 Å². The highest BCUT2D eigenvalue weighted by atomic mass is 35.5. The number of benzene rings is 1. The second-order valence-electron chi connectivity index (χ2n) is 2.55. The Kier molecular flexibility index (Phi) is 3.86. The van der Waals surface area contributed by atoms with Gasteiger partial charge in [-0.05, 0) is 4.57 Å². The van der Waals surface area contributed by atoms with Crippen LogP contribution in [0.3, 0.4) is 0 Å². The number of amides is 2. The Morgan fingerprint density at radius 2 is 2.00 bits per heavy atom. The minimum Gasteiger partial charge on any atom is -0.349 e. The van der Waals surface area contributed by atoms with Crippen LogP contribution >= 0.6 is 19.6 Å². The lowest BCUT2D eigenvalue weighted by Crippen LogP contribution is -2.23. The fraction of sp³-hybridized carbons (Fsp3) is 0.125. The molecule has 2 unspecified atom stereocenters. The van der Waals surface area contributed by atoms with Crippen molar-refractivity contribution in [1.82, 2.24) is 5.09 Å². The minimum absolute atomic E-state index is 0.684. The fourth-order valence-corrected chi connectivity index (χ4v) is 1.98. The molecule has 0 saturated carbocycles. The molecule has 74 valence electrons. The Hall–Kier alpha value is -1.12. The van der Waals surface area contributed by atoms with E-state index in [9.17, 15) is 9.36 Å². The molecule has 2 atom stereocenters. The number of carbonyl (C=O) groups excluding carboxylic acids is 1. The number of halogens is 1. The second kappa shape index (κ2) is 4.94. The average molecular weight is 232 g/mol. The van der Waals surface area contributed by atoms with Crippen molar-refractivity contribution < 1.29 is 9.36 Å². The first-order chi connectivity index (χ1) is 6.61. The number of urea groups is 1. The van der Waals surface area contributed by atoms with Gasteiger partial charge in [-0.25, -0.2) is 4.79 Å². The Bertz CT molecular complexity index is 344. The predicted octanol–water partition coefficient (Wildman–Crippen LogP) is 2.33. The highest BCUT2D eigenvalue weighted by molar-refractivity contribution is 7.45. The maximum absolute atomic E-state index is 11.4. The van der Waals surface area contributed by atoms with E-state index in [2.05, 4.69) is 5.09 Å². The minimum atomic E-state index is -2.07. The zero-order valence-corrected chi connectivity index (χ0v) is 8.83. The van der Waals surface area contributed by atoms with E-state index >= 15 is 0 Å². The van der Waals surface area contributed by atoms with Crippen LogP contribution in [0.25, 0.3) is 0 Å². The maximum Gasteiger partial charge on any atom is 0.488 e. The maximum atomic E-state index is 11.4. The van der Waals surface area contributed by atoms with Crippen LogP contribution in [-0.2, 0) is 4.57 Å². The van der Waals surface area contributed by atoms with Crippen molar-refractivity contribution in [2.75, 3.05) is 0 Å². The number of primary amides is 1. The van der Waals surface area contributed by atoms with E-state index in [0.717, 1.165) is 0 Å². The molecule has 0 spiro atoms. The van der Waals surface area contributed by atoms with Gasteiger partial charge in [-0.1, -0.05) is 41.9 Å². The third-order valence-electron chi connectivity index (χ3n) is 1.50. The third-order valence-corrected chi connectivity index (χ3v) is 3.44. The zero-order chi connectivity index (χ0) is 10.6. The topological polar surface area (TPSA) is 72.2 Å². The molecule has 0 aliphatic heterocycles. The van der Waals surface area contributed by atoms with Crippen LogP contribution in [0.2, 0.25) is 0 Å². The summed E-state index contributed by atoms with van der Waals surface area (Å²) >= 11 is 5.85. The van der Waals surface area contributed by atoms with Gasteiger partial charge in [0, 0.05) is 5.56 Å². The first-order valence-corrected chi connectivity index (χ1v) is 5.59. The van der Waals surface area contributed by atoms with Gasteiger partial charge in [-0.2, -0.15) is 0 Å². The van der Waals surface area contributed by atoms with Crippen LogP contribution in [0.1, 0.15) is 10.7 Å². The summed E-state index contributed by atoms with van der Waals surface area (Å²) in [5, 5.41) is 1.31. The predicted molar refractivity (Wildman–Crippen MR) is 55.4 cm³/mol. The quantitative estimate of drug-likeness (QED) is 0.619. The molecule has 1 rings (SSSR count). The molecular formula is C8H9ClN2O2P+. The molecule has 4 nitrogen and oxygen atoms in total. The molecule has 1 aromatic rings. The number of nitrogens with two attached hydrogens (primary N) is 1. The second-order valence-corrected chi connectivity index (χ2v) is 4.68. The van der Waals surface area contributed by atoms with Crippen LogP contribution < -0.4 is 10.8 Å². The molecule has 0 bridgehead atoms. The molecule has 1 aromatic carbocycles. The molecule has 14 heavy (non-hydrogen) atoms. The monoisotopic (exact) mass is 231 g/mol. The van der Waals surface area contributed by atoms with E-state index in [-0.39, 0.29) is 0 Å². The summed E-state index contributed by atoms with van der Waals surface area (Å²) in [6, 6.07) is 7.99. The summed E-state index contributed by atoms with van der Waals surface area (Å²) in [5.74, 6) is 0. The highest BCUT2D eigenvalue weighted by Crippen LogP contribution is 2.40. The summed E-state index contributed by atoms with van der Waals surface area (Å²) in [4.78, 5) is 10.4. The van der Waals surface area contributed by atoms with E-state index in [1.54, 1.807) is 24.3 Å². The molecule has 6 heteroatoms. The van der Waals surface area contributed by atoms with Gasteiger partial charge in [0.1, 0.15) is 0 Å². The lowest BCUT2D eigenvalue weighted by atomic mass is 10.2. The lowest BCUT2D eigenvalue weighted by molar-refractivity contribution is 0.253. The van der Waals surface area contributed by atoms with Gasteiger partial charge in [0.05, 0.1) is 0 Å². The summed E-state index contributed by atoms with van der Waals surface area (Å²) in [6.07, 6.45) is 0. The van der Waals surface area contributed by atoms with E-state index < -0.39 is 19.1 Å². The molecule has 0 heterocycles. The van der Waals surface area contributed by atoms with E-state index in [0.29, 0.717) is 5.56 Å². The molecule has 0 aromatic heterocycles. The number of hydrogen-bond acceptors (Lipinski definition) is 2. The van der Waals surface area contributed by atoms with Crippen molar-refractivity contribution in [1.29, 1.82) is 0 Å². The Morgan fingerprint density at radius 3 is 2.50 bits per heavy atom. The third kappa shape index (κ3) is 2.98. The van der Waals surface area contributed by atoms with Gasteiger partial charge in [-0.3, -0.25) is 0 Å². The standard InChI is InChI=1S/C8H8ClN2O2P/c9-7(14(13)11-8(10)12)6-4-2-1-3-5-6/h1-5,7H,(H2-,10,11,12,13)/p+1. The molecule has 0 fully saturated rings. The number of carbonyl (C=O) groups is 1. The Labute approximate surface area is 87.3 Å². The number of nitrogens with one attached hydrogen (secondary N) is 1. The van der Waals surface area contributed by atoms with Gasteiger partial charge < -0.3 is 5.73 Å². The smallest absolute Gasteiger partial charge is 0.349 e. The van der Waals surface area contributed by atoms with Crippen molar-refractivity contribution in [3.63, 3.8) is 0 Å². The van der Waals surface area contributed by atoms with E-state index in [1.807, 2.05) is 6.07 Å².